The fraction of sp³-hybridized carbons (Fsp3) is 0.333. The van der Waals surface area contributed by atoms with Gasteiger partial charge in [0.1, 0.15) is 18.0 Å². The highest BCUT2D eigenvalue weighted by Crippen LogP contribution is 2.26. The van der Waals surface area contributed by atoms with Gasteiger partial charge in [-0.3, -0.25) is 0 Å². The van der Waals surface area contributed by atoms with Crippen LogP contribution in [0.4, 0.5) is 5.13 Å². The number of aliphatic hydroxyl groups excluding tert-OH is 1. The number of anilines is 1. The Bertz CT molecular complexity index is 912. The molecule has 8 heteroatoms. The van der Waals surface area contributed by atoms with E-state index in [9.17, 15) is 5.11 Å². The van der Waals surface area contributed by atoms with Gasteiger partial charge in [0.25, 0.3) is 0 Å². The molecule has 1 N–H and O–H groups in total. The van der Waals surface area contributed by atoms with Crippen molar-refractivity contribution in [3.8, 4) is 5.75 Å². The molecule has 1 aliphatic heterocycles. The number of oxazole rings is 1. The fourth-order valence-electron chi connectivity index (χ4n) is 2.67. The second-order valence-electron chi connectivity index (χ2n) is 5.93. The summed E-state index contributed by atoms with van der Waals surface area (Å²) in [5, 5.41) is 10.3. The third kappa shape index (κ3) is 3.87. The monoisotopic (exact) mass is 373 g/mol. The van der Waals surface area contributed by atoms with Crippen molar-refractivity contribution in [2.45, 2.75) is 19.6 Å². The third-order valence-electron chi connectivity index (χ3n) is 3.82. The van der Waals surface area contributed by atoms with Crippen molar-refractivity contribution in [3.05, 3.63) is 35.2 Å². The Morgan fingerprint density at radius 2 is 2.31 bits per heavy atom. The van der Waals surface area contributed by atoms with E-state index in [4.69, 9.17) is 13.9 Å². The number of hydrogen-bond acceptors (Lipinski definition) is 8. The minimum atomic E-state index is -0.874. The molecule has 1 fully saturated rings. The van der Waals surface area contributed by atoms with Gasteiger partial charge >= 0.3 is 0 Å². The lowest BCUT2D eigenvalue weighted by atomic mass is 10.3. The lowest BCUT2D eigenvalue weighted by molar-refractivity contribution is -0.000226. The molecule has 1 atom stereocenters. The van der Waals surface area contributed by atoms with E-state index in [1.54, 1.807) is 36.5 Å². The molecule has 136 valence electrons. The molecule has 26 heavy (non-hydrogen) atoms. The minimum Gasteiger partial charge on any atom is -0.465 e. The SMILES string of the molecule is CC(O)Oc1ccc2nc(C=Cc3cnc(N4CCCOC4)s3)oc2c1. The van der Waals surface area contributed by atoms with E-state index in [0.717, 1.165) is 35.1 Å². The molecule has 0 radical (unpaired) electrons. The fourth-order valence-corrected chi connectivity index (χ4v) is 3.50. The zero-order valence-electron chi connectivity index (χ0n) is 14.3. The normalized spacial score (nSPS) is 16.5. The van der Waals surface area contributed by atoms with Crippen molar-refractivity contribution < 1.29 is 19.0 Å². The van der Waals surface area contributed by atoms with Gasteiger partial charge in [0, 0.05) is 29.8 Å². The van der Waals surface area contributed by atoms with E-state index in [-0.39, 0.29) is 0 Å². The van der Waals surface area contributed by atoms with Gasteiger partial charge in [0.15, 0.2) is 17.0 Å². The van der Waals surface area contributed by atoms with Gasteiger partial charge in [0.2, 0.25) is 5.89 Å². The van der Waals surface area contributed by atoms with Gasteiger partial charge < -0.3 is 23.9 Å². The number of aromatic nitrogens is 2. The summed E-state index contributed by atoms with van der Waals surface area (Å²) in [6, 6.07) is 5.27. The van der Waals surface area contributed by atoms with Crippen LogP contribution in [0.2, 0.25) is 0 Å². The quantitative estimate of drug-likeness (QED) is 0.687. The number of nitrogens with zero attached hydrogens (tertiary/aromatic N) is 3. The van der Waals surface area contributed by atoms with E-state index >= 15 is 0 Å². The van der Waals surface area contributed by atoms with E-state index in [0.29, 0.717) is 24.0 Å². The largest absolute Gasteiger partial charge is 0.465 e. The maximum absolute atomic E-state index is 9.29. The van der Waals surface area contributed by atoms with Crippen LogP contribution in [-0.4, -0.2) is 41.2 Å². The molecule has 0 spiro atoms. The molecule has 1 unspecified atom stereocenters. The molecule has 0 aliphatic carbocycles. The molecule has 0 bridgehead atoms. The number of benzene rings is 1. The zero-order chi connectivity index (χ0) is 17.9. The van der Waals surface area contributed by atoms with Gasteiger partial charge in [-0.05, 0) is 31.6 Å². The first-order valence-electron chi connectivity index (χ1n) is 8.39. The highest BCUT2D eigenvalue weighted by molar-refractivity contribution is 7.16. The van der Waals surface area contributed by atoms with Crippen LogP contribution in [0.15, 0.2) is 28.8 Å². The molecule has 2 aromatic heterocycles. The van der Waals surface area contributed by atoms with Crippen LogP contribution in [-0.2, 0) is 4.74 Å². The molecule has 1 aliphatic rings. The molecule has 3 heterocycles. The first kappa shape index (κ1) is 17.0. The van der Waals surface area contributed by atoms with Gasteiger partial charge in [-0.15, -0.1) is 0 Å². The Morgan fingerprint density at radius 3 is 3.12 bits per heavy atom. The topological polar surface area (TPSA) is 80.9 Å². The van der Waals surface area contributed by atoms with Crippen molar-refractivity contribution >= 4 is 39.7 Å². The van der Waals surface area contributed by atoms with E-state index in [2.05, 4.69) is 14.9 Å². The van der Waals surface area contributed by atoms with Crippen LogP contribution in [0, 0.1) is 0 Å². The predicted octanol–water partition coefficient (Wildman–Crippen LogP) is 3.36. The highest BCUT2D eigenvalue weighted by atomic mass is 32.1. The summed E-state index contributed by atoms with van der Waals surface area (Å²) in [5.74, 6) is 1.04. The lowest BCUT2D eigenvalue weighted by Crippen LogP contribution is -2.32. The van der Waals surface area contributed by atoms with Crippen molar-refractivity contribution in [2.24, 2.45) is 0 Å². The van der Waals surface area contributed by atoms with Gasteiger partial charge in [0.05, 0.1) is 6.61 Å². The number of fused-ring (bicyclic) bond motifs is 1. The van der Waals surface area contributed by atoms with Gasteiger partial charge in [-0.25, -0.2) is 9.97 Å². The Morgan fingerprint density at radius 1 is 1.38 bits per heavy atom. The molecule has 7 nitrogen and oxygen atoms in total. The second-order valence-corrected chi connectivity index (χ2v) is 6.97. The molecule has 0 amide bonds. The summed E-state index contributed by atoms with van der Waals surface area (Å²) in [6.45, 7) is 3.94. The molecule has 1 saturated heterocycles. The molecule has 0 saturated carbocycles. The first-order valence-corrected chi connectivity index (χ1v) is 9.21. The smallest absolute Gasteiger partial charge is 0.220 e. The van der Waals surface area contributed by atoms with Gasteiger partial charge in [-0.1, -0.05) is 11.3 Å². The predicted molar refractivity (Wildman–Crippen MR) is 100 cm³/mol. The minimum absolute atomic E-state index is 0.505. The number of hydrogen-bond donors (Lipinski definition) is 1. The number of ether oxygens (including phenoxy) is 2. The summed E-state index contributed by atoms with van der Waals surface area (Å²) in [4.78, 5) is 12.0. The lowest BCUT2D eigenvalue weighted by Gasteiger charge is -2.25. The average Bonchev–Trinajstić information content (AvgIpc) is 3.26. The maximum atomic E-state index is 9.29. The summed E-state index contributed by atoms with van der Waals surface area (Å²) in [6.07, 6.45) is 5.74. The molecule has 1 aromatic carbocycles. The molecule has 4 rings (SSSR count). The number of rotatable bonds is 5. The summed E-state index contributed by atoms with van der Waals surface area (Å²) >= 11 is 1.61. The van der Waals surface area contributed by atoms with Crippen LogP contribution >= 0.6 is 11.3 Å². The van der Waals surface area contributed by atoms with E-state index in [1.165, 1.54) is 0 Å². The second kappa shape index (κ2) is 7.45. The maximum Gasteiger partial charge on any atom is 0.220 e. The van der Waals surface area contributed by atoms with Crippen molar-refractivity contribution in [2.75, 3.05) is 24.8 Å². The van der Waals surface area contributed by atoms with Gasteiger partial charge in [-0.2, -0.15) is 0 Å². The van der Waals surface area contributed by atoms with Crippen LogP contribution < -0.4 is 9.64 Å². The Hall–Kier alpha value is -2.42. The molecular formula is C18H19N3O4S. The van der Waals surface area contributed by atoms with Crippen LogP contribution in [0.5, 0.6) is 5.75 Å². The van der Waals surface area contributed by atoms with Crippen LogP contribution in [0.1, 0.15) is 24.1 Å². The molecule has 3 aromatic rings. The summed E-state index contributed by atoms with van der Waals surface area (Å²) in [7, 11) is 0. The first-order chi connectivity index (χ1) is 12.7. The Kier molecular flexibility index (Phi) is 4.87. The van der Waals surface area contributed by atoms with Crippen molar-refractivity contribution in [1.82, 2.24) is 9.97 Å². The highest BCUT2D eigenvalue weighted by Gasteiger charge is 2.14. The third-order valence-corrected chi connectivity index (χ3v) is 4.84. The average molecular weight is 373 g/mol. The summed E-state index contributed by atoms with van der Waals surface area (Å²) < 4.78 is 16.4. The Labute approximate surface area is 154 Å². The number of thiazole rings is 1. The van der Waals surface area contributed by atoms with Crippen molar-refractivity contribution in [3.63, 3.8) is 0 Å². The van der Waals surface area contributed by atoms with E-state index in [1.807, 2.05) is 18.3 Å². The van der Waals surface area contributed by atoms with Crippen molar-refractivity contribution in [1.29, 1.82) is 0 Å². The summed E-state index contributed by atoms with van der Waals surface area (Å²) in [5.41, 5.74) is 1.34. The number of aliphatic hydroxyl groups is 1. The Balaban J connectivity index is 1.48. The van der Waals surface area contributed by atoms with Crippen LogP contribution in [0.25, 0.3) is 23.3 Å². The van der Waals surface area contributed by atoms with Crippen LogP contribution in [0.3, 0.4) is 0 Å². The molecular weight excluding hydrogens is 354 g/mol. The standard InChI is InChI=1S/C18H19N3O4S/c1-12(22)24-13-3-5-15-16(9-13)25-17(20-15)6-4-14-10-19-18(26-14)21-7-2-8-23-11-21/h3-6,9-10,12,22H,2,7-8,11H2,1H3. The zero-order valence-corrected chi connectivity index (χ0v) is 15.1. The van der Waals surface area contributed by atoms with E-state index < -0.39 is 6.29 Å².